The van der Waals surface area contributed by atoms with Crippen LogP contribution >= 0.6 is 12.4 Å². The maximum absolute atomic E-state index is 11.1. The molecule has 0 saturated carbocycles. The summed E-state index contributed by atoms with van der Waals surface area (Å²) in [6.45, 7) is 1.28. The Morgan fingerprint density at radius 3 is 2.38 bits per heavy atom. The molecule has 0 saturated heterocycles. The van der Waals surface area contributed by atoms with Crippen LogP contribution in [0.15, 0.2) is 18.2 Å². The fourth-order valence-corrected chi connectivity index (χ4v) is 1.17. The Kier molecular flexibility index (Phi) is 4.94. The normalized spacial score (nSPS) is 11.4. The Balaban J connectivity index is 0.00000225. The largest absolute Gasteiger partial charge is 0.507 e. The molecule has 1 aromatic rings. The Morgan fingerprint density at radius 1 is 1.38 bits per heavy atom. The van der Waals surface area contributed by atoms with Gasteiger partial charge in [0.15, 0.2) is 5.78 Å². The molecule has 0 amide bonds. The number of aliphatic carboxylic acids is 1. The summed E-state index contributed by atoms with van der Waals surface area (Å²) in [4.78, 5) is 21.7. The summed E-state index contributed by atoms with van der Waals surface area (Å²) in [5.41, 5.74) is 5.72. The minimum absolute atomic E-state index is 0. The van der Waals surface area contributed by atoms with E-state index in [9.17, 15) is 14.7 Å². The van der Waals surface area contributed by atoms with E-state index >= 15 is 0 Å². The van der Waals surface area contributed by atoms with Crippen molar-refractivity contribution in [2.75, 3.05) is 0 Å². The number of carboxylic acids is 1. The molecule has 1 aromatic carbocycles. The highest BCUT2D eigenvalue weighted by Gasteiger charge is 2.16. The Morgan fingerprint density at radius 2 is 1.94 bits per heavy atom. The minimum atomic E-state index is -1.19. The Hall–Kier alpha value is -1.59. The van der Waals surface area contributed by atoms with Crippen molar-refractivity contribution in [3.8, 4) is 5.75 Å². The number of rotatable bonds is 3. The molecule has 0 spiro atoms. The van der Waals surface area contributed by atoms with Gasteiger partial charge in [0.05, 0.1) is 5.56 Å². The monoisotopic (exact) mass is 245 g/mol. The van der Waals surface area contributed by atoms with Gasteiger partial charge in [0.1, 0.15) is 11.8 Å². The number of carbonyl (C=O) groups excluding carboxylic acids is 1. The lowest BCUT2D eigenvalue weighted by Crippen LogP contribution is -2.20. The maximum atomic E-state index is 11.1. The zero-order valence-corrected chi connectivity index (χ0v) is 9.32. The third-order valence-corrected chi connectivity index (χ3v) is 2.03. The molecule has 0 heterocycles. The number of Topliss-reactive ketones (excluding diaryl/α,β-unsaturated/α-hetero) is 1. The van der Waals surface area contributed by atoms with Gasteiger partial charge >= 0.3 is 5.97 Å². The SMILES string of the molecule is CC(=O)c1cc(C(N)C(=O)O)ccc1O.Cl. The zero-order valence-electron chi connectivity index (χ0n) is 8.51. The van der Waals surface area contributed by atoms with Gasteiger partial charge in [-0.3, -0.25) is 9.59 Å². The van der Waals surface area contributed by atoms with Crippen LogP contribution in [0.1, 0.15) is 28.9 Å². The molecular formula is C10H12ClNO4. The summed E-state index contributed by atoms with van der Waals surface area (Å²) >= 11 is 0. The third kappa shape index (κ3) is 2.95. The van der Waals surface area contributed by atoms with Crippen LogP contribution in [0.5, 0.6) is 5.75 Å². The molecule has 4 N–H and O–H groups in total. The van der Waals surface area contributed by atoms with Crippen molar-refractivity contribution in [1.82, 2.24) is 0 Å². The number of aromatic hydroxyl groups is 1. The van der Waals surface area contributed by atoms with Crippen molar-refractivity contribution in [2.24, 2.45) is 5.73 Å². The first-order valence-electron chi connectivity index (χ1n) is 4.25. The second-order valence-corrected chi connectivity index (χ2v) is 3.15. The van der Waals surface area contributed by atoms with Crippen molar-refractivity contribution in [1.29, 1.82) is 0 Å². The number of hydrogen-bond acceptors (Lipinski definition) is 4. The first-order valence-corrected chi connectivity index (χ1v) is 4.25. The summed E-state index contributed by atoms with van der Waals surface area (Å²) in [6.07, 6.45) is 0. The molecule has 0 aliphatic heterocycles. The standard InChI is InChI=1S/C10H11NO4.ClH/c1-5(12)7-4-6(2-3-8(7)13)9(11)10(14)15;/h2-4,9,13H,11H2,1H3,(H,14,15);1H. The molecule has 0 aromatic heterocycles. The van der Waals surface area contributed by atoms with Crippen LogP contribution < -0.4 is 5.73 Å². The van der Waals surface area contributed by atoms with Crippen LogP contribution in [-0.4, -0.2) is 22.0 Å². The highest BCUT2D eigenvalue weighted by molar-refractivity contribution is 5.97. The van der Waals surface area contributed by atoms with Crippen molar-refractivity contribution in [3.63, 3.8) is 0 Å². The molecule has 0 aliphatic rings. The van der Waals surface area contributed by atoms with Crippen LogP contribution in [0, 0.1) is 0 Å². The number of benzene rings is 1. The van der Waals surface area contributed by atoms with Crippen molar-refractivity contribution in [2.45, 2.75) is 13.0 Å². The van der Waals surface area contributed by atoms with Gasteiger partial charge in [0.2, 0.25) is 0 Å². The molecule has 1 atom stereocenters. The minimum Gasteiger partial charge on any atom is -0.507 e. The molecular weight excluding hydrogens is 234 g/mol. The van der Waals surface area contributed by atoms with Crippen LogP contribution in [0.3, 0.4) is 0 Å². The summed E-state index contributed by atoms with van der Waals surface area (Å²) in [7, 11) is 0. The molecule has 0 fully saturated rings. The molecule has 0 aliphatic carbocycles. The lowest BCUT2D eigenvalue weighted by Gasteiger charge is -2.08. The first-order chi connectivity index (χ1) is 6.93. The zero-order chi connectivity index (χ0) is 11.6. The van der Waals surface area contributed by atoms with Gasteiger partial charge in [-0.1, -0.05) is 6.07 Å². The first kappa shape index (κ1) is 14.4. The molecule has 16 heavy (non-hydrogen) atoms. The Labute approximate surface area is 98.3 Å². The second-order valence-electron chi connectivity index (χ2n) is 3.15. The van der Waals surface area contributed by atoms with E-state index in [1.54, 1.807) is 0 Å². The smallest absolute Gasteiger partial charge is 0.325 e. The van der Waals surface area contributed by atoms with Gasteiger partial charge in [-0.2, -0.15) is 0 Å². The van der Waals surface area contributed by atoms with Gasteiger partial charge in [-0.05, 0) is 24.6 Å². The number of halogens is 1. The second kappa shape index (κ2) is 5.48. The van der Waals surface area contributed by atoms with E-state index in [0.717, 1.165) is 0 Å². The van der Waals surface area contributed by atoms with E-state index in [0.29, 0.717) is 0 Å². The molecule has 0 bridgehead atoms. The van der Waals surface area contributed by atoms with Crippen LogP contribution in [0.4, 0.5) is 0 Å². The molecule has 5 nitrogen and oxygen atoms in total. The predicted molar refractivity (Wildman–Crippen MR) is 59.9 cm³/mol. The van der Waals surface area contributed by atoms with Gasteiger partial charge in [-0.15, -0.1) is 12.4 Å². The number of nitrogens with two attached hydrogens (primary N) is 1. The van der Waals surface area contributed by atoms with E-state index in [1.807, 2.05) is 0 Å². The highest BCUT2D eigenvalue weighted by Crippen LogP contribution is 2.22. The molecule has 1 unspecified atom stereocenters. The van der Waals surface area contributed by atoms with Crippen LogP contribution in [0.25, 0.3) is 0 Å². The van der Waals surface area contributed by atoms with Crippen molar-refractivity contribution in [3.05, 3.63) is 29.3 Å². The van der Waals surface area contributed by atoms with Gasteiger partial charge in [0.25, 0.3) is 0 Å². The fraction of sp³-hybridized carbons (Fsp3) is 0.200. The van der Waals surface area contributed by atoms with Crippen LogP contribution in [0.2, 0.25) is 0 Å². The predicted octanol–water partition coefficient (Wildman–Crippen LogP) is 1.10. The number of phenolic OH excluding ortho intramolecular Hbond substituents is 1. The highest BCUT2D eigenvalue weighted by atomic mass is 35.5. The van der Waals surface area contributed by atoms with Gasteiger partial charge < -0.3 is 15.9 Å². The van der Waals surface area contributed by atoms with Gasteiger partial charge in [0, 0.05) is 0 Å². The lowest BCUT2D eigenvalue weighted by atomic mass is 10.0. The number of carboxylic acid groups (broad SMARTS) is 1. The van der Waals surface area contributed by atoms with Crippen molar-refractivity contribution >= 4 is 24.2 Å². The summed E-state index contributed by atoms with van der Waals surface area (Å²) < 4.78 is 0. The Bertz CT molecular complexity index is 419. The number of hydrogen-bond donors (Lipinski definition) is 3. The van der Waals surface area contributed by atoms with E-state index < -0.39 is 12.0 Å². The van der Waals surface area contributed by atoms with E-state index in [2.05, 4.69) is 0 Å². The van der Waals surface area contributed by atoms with Gasteiger partial charge in [-0.25, -0.2) is 0 Å². The average molecular weight is 246 g/mol. The van der Waals surface area contributed by atoms with E-state index in [1.165, 1.54) is 25.1 Å². The lowest BCUT2D eigenvalue weighted by molar-refractivity contribution is -0.138. The average Bonchev–Trinajstić information content (AvgIpc) is 2.16. The summed E-state index contributed by atoms with van der Waals surface area (Å²) in [6, 6.07) is 2.73. The molecule has 6 heteroatoms. The quantitative estimate of drug-likeness (QED) is 0.693. The van der Waals surface area contributed by atoms with Crippen molar-refractivity contribution < 1.29 is 19.8 Å². The molecule has 0 radical (unpaired) electrons. The molecule has 1 rings (SSSR count). The number of ketones is 1. The number of phenols is 1. The maximum Gasteiger partial charge on any atom is 0.325 e. The molecule has 88 valence electrons. The van der Waals surface area contributed by atoms with Crippen LogP contribution in [-0.2, 0) is 4.79 Å². The number of carbonyl (C=O) groups is 2. The summed E-state index contributed by atoms with van der Waals surface area (Å²) in [5.74, 6) is -1.70. The summed E-state index contributed by atoms with van der Waals surface area (Å²) in [5, 5.41) is 18.0. The third-order valence-electron chi connectivity index (χ3n) is 2.03. The van der Waals surface area contributed by atoms with E-state index in [4.69, 9.17) is 10.8 Å². The topological polar surface area (TPSA) is 101 Å². The fourth-order valence-electron chi connectivity index (χ4n) is 1.17. The van der Waals surface area contributed by atoms with E-state index in [-0.39, 0.29) is 35.1 Å².